The van der Waals surface area contributed by atoms with Gasteiger partial charge in [-0.2, -0.15) is 11.8 Å². The first-order valence-corrected chi connectivity index (χ1v) is 9.09. The zero-order valence-electron chi connectivity index (χ0n) is 13.8. The summed E-state index contributed by atoms with van der Waals surface area (Å²) in [5, 5.41) is 13.7. The third-order valence-corrected chi connectivity index (χ3v) is 5.14. The molecule has 0 radical (unpaired) electrons. The molecule has 2 atom stereocenters. The van der Waals surface area contributed by atoms with Gasteiger partial charge in [0, 0.05) is 37.1 Å². The van der Waals surface area contributed by atoms with E-state index >= 15 is 0 Å². The van der Waals surface area contributed by atoms with Crippen molar-refractivity contribution in [2.45, 2.75) is 32.4 Å². The summed E-state index contributed by atoms with van der Waals surface area (Å²) in [5.41, 5.74) is 2.03. The number of carbonyl (C=O) groups is 1. The minimum Gasteiger partial charge on any atom is -0.387 e. The van der Waals surface area contributed by atoms with Crippen LogP contribution in [0.5, 0.6) is 0 Å². The molecule has 0 aliphatic carbocycles. The number of aryl methyl sites for hydroxylation is 1. The normalized spacial score (nSPS) is 18.8. The van der Waals surface area contributed by atoms with Gasteiger partial charge in [0.25, 0.3) is 0 Å². The van der Waals surface area contributed by atoms with Crippen LogP contribution in [0.15, 0.2) is 24.3 Å². The van der Waals surface area contributed by atoms with Crippen molar-refractivity contribution in [1.29, 1.82) is 0 Å². The van der Waals surface area contributed by atoms with E-state index in [0.717, 1.165) is 23.6 Å². The van der Waals surface area contributed by atoms with E-state index in [9.17, 15) is 9.90 Å². The number of amides is 1. The molecule has 1 aromatic carbocycles. The first-order chi connectivity index (χ1) is 10.6. The fourth-order valence-electron chi connectivity index (χ4n) is 2.60. The number of aliphatic hydroxyl groups excluding tert-OH is 1. The summed E-state index contributed by atoms with van der Waals surface area (Å²) >= 11 is 1.89. The molecule has 1 fully saturated rings. The fraction of sp³-hybridized carbons (Fsp3) is 0.588. The van der Waals surface area contributed by atoms with Gasteiger partial charge < -0.3 is 15.3 Å². The maximum atomic E-state index is 12.4. The van der Waals surface area contributed by atoms with Gasteiger partial charge in [-0.1, -0.05) is 29.8 Å². The molecule has 6 heteroatoms. The Bertz CT molecular complexity index is 478. The Hall–Kier alpha value is -0.750. The van der Waals surface area contributed by atoms with E-state index in [0.29, 0.717) is 19.5 Å². The summed E-state index contributed by atoms with van der Waals surface area (Å²) in [4.78, 5) is 14.2. The molecule has 1 amide bonds. The van der Waals surface area contributed by atoms with Gasteiger partial charge >= 0.3 is 0 Å². The van der Waals surface area contributed by atoms with Crippen LogP contribution >= 0.6 is 24.2 Å². The Morgan fingerprint density at radius 2 is 2.13 bits per heavy atom. The minimum absolute atomic E-state index is 0. The molecule has 2 unspecified atom stereocenters. The second-order valence-corrected chi connectivity index (χ2v) is 6.94. The molecule has 0 bridgehead atoms. The van der Waals surface area contributed by atoms with Crippen molar-refractivity contribution in [3.63, 3.8) is 0 Å². The van der Waals surface area contributed by atoms with Crippen molar-refractivity contribution in [3.8, 4) is 0 Å². The number of nitrogens with one attached hydrogen (secondary N) is 1. The highest BCUT2D eigenvalue weighted by molar-refractivity contribution is 7.99. The summed E-state index contributed by atoms with van der Waals surface area (Å²) < 4.78 is 0. The van der Waals surface area contributed by atoms with Gasteiger partial charge in [-0.15, -0.1) is 12.4 Å². The molecular weight excluding hydrogens is 332 g/mol. The summed E-state index contributed by atoms with van der Waals surface area (Å²) in [6.07, 6.45) is -0.111. The van der Waals surface area contributed by atoms with Crippen LogP contribution in [0.25, 0.3) is 0 Å². The van der Waals surface area contributed by atoms with Gasteiger partial charge in [0.15, 0.2) is 0 Å². The van der Waals surface area contributed by atoms with Crippen LogP contribution in [-0.4, -0.2) is 53.1 Å². The average molecular weight is 359 g/mol. The summed E-state index contributed by atoms with van der Waals surface area (Å²) in [5.74, 6) is 2.23. The molecule has 0 spiro atoms. The molecule has 1 heterocycles. The van der Waals surface area contributed by atoms with Crippen molar-refractivity contribution in [2.24, 2.45) is 0 Å². The van der Waals surface area contributed by atoms with Gasteiger partial charge in [-0.3, -0.25) is 4.79 Å². The Labute approximate surface area is 149 Å². The number of thioether (sulfide) groups is 1. The summed E-state index contributed by atoms with van der Waals surface area (Å²) in [6.45, 7) is 5.94. The fourth-order valence-corrected chi connectivity index (χ4v) is 3.55. The Morgan fingerprint density at radius 1 is 1.43 bits per heavy atom. The number of benzene rings is 1. The molecule has 0 aromatic heterocycles. The van der Waals surface area contributed by atoms with E-state index in [1.807, 2.05) is 49.9 Å². The molecular formula is C17H27ClN2O2S. The van der Waals surface area contributed by atoms with Crippen molar-refractivity contribution in [3.05, 3.63) is 35.4 Å². The SMILES string of the molecule is CCN(CC(O)c1ccc(C)cc1)C(=O)CC1CSCCN1.Cl. The van der Waals surface area contributed by atoms with E-state index in [1.165, 1.54) is 5.56 Å². The van der Waals surface area contributed by atoms with E-state index in [-0.39, 0.29) is 24.4 Å². The van der Waals surface area contributed by atoms with Crippen LogP contribution in [0, 0.1) is 6.92 Å². The Balaban J connectivity index is 0.00000264. The highest BCUT2D eigenvalue weighted by Gasteiger charge is 2.22. The largest absolute Gasteiger partial charge is 0.387 e. The second-order valence-electron chi connectivity index (χ2n) is 5.79. The molecule has 130 valence electrons. The van der Waals surface area contributed by atoms with Crippen LogP contribution in [0.4, 0.5) is 0 Å². The van der Waals surface area contributed by atoms with Crippen LogP contribution in [0.2, 0.25) is 0 Å². The van der Waals surface area contributed by atoms with Crippen molar-refractivity contribution < 1.29 is 9.90 Å². The zero-order chi connectivity index (χ0) is 15.9. The quantitative estimate of drug-likeness (QED) is 0.819. The number of halogens is 1. The van der Waals surface area contributed by atoms with E-state index in [2.05, 4.69) is 5.32 Å². The van der Waals surface area contributed by atoms with Crippen LogP contribution < -0.4 is 5.32 Å². The van der Waals surface area contributed by atoms with E-state index < -0.39 is 6.10 Å². The molecule has 2 N–H and O–H groups in total. The second kappa shape index (κ2) is 10.2. The first kappa shape index (κ1) is 20.3. The molecule has 4 nitrogen and oxygen atoms in total. The number of hydrogen-bond donors (Lipinski definition) is 2. The highest BCUT2D eigenvalue weighted by Crippen LogP contribution is 2.17. The molecule has 2 rings (SSSR count). The Morgan fingerprint density at radius 3 is 2.70 bits per heavy atom. The predicted molar refractivity (Wildman–Crippen MR) is 99.4 cm³/mol. The Kier molecular flexibility index (Phi) is 8.99. The third kappa shape index (κ3) is 6.34. The van der Waals surface area contributed by atoms with Gasteiger partial charge in [0.1, 0.15) is 0 Å². The molecule has 23 heavy (non-hydrogen) atoms. The lowest BCUT2D eigenvalue weighted by molar-refractivity contribution is -0.132. The van der Waals surface area contributed by atoms with E-state index in [1.54, 1.807) is 4.90 Å². The number of hydrogen-bond acceptors (Lipinski definition) is 4. The van der Waals surface area contributed by atoms with E-state index in [4.69, 9.17) is 0 Å². The van der Waals surface area contributed by atoms with Crippen molar-refractivity contribution in [1.82, 2.24) is 10.2 Å². The molecule has 1 aromatic rings. The van der Waals surface area contributed by atoms with Gasteiger partial charge in [-0.05, 0) is 19.4 Å². The van der Waals surface area contributed by atoms with Gasteiger partial charge in [-0.25, -0.2) is 0 Å². The van der Waals surface area contributed by atoms with Crippen molar-refractivity contribution >= 4 is 30.1 Å². The summed E-state index contributed by atoms with van der Waals surface area (Å²) in [6, 6.07) is 8.09. The maximum absolute atomic E-state index is 12.4. The molecule has 1 aliphatic heterocycles. The lowest BCUT2D eigenvalue weighted by atomic mass is 10.1. The average Bonchev–Trinajstić information content (AvgIpc) is 2.53. The highest BCUT2D eigenvalue weighted by atomic mass is 35.5. The number of carbonyl (C=O) groups excluding carboxylic acids is 1. The van der Waals surface area contributed by atoms with Gasteiger partial charge in [0.2, 0.25) is 5.91 Å². The van der Waals surface area contributed by atoms with Gasteiger partial charge in [0.05, 0.1) is 12.6 Å². The van der Waals surface area contributed by atoms with Crippen LogP contribution in [0.3, 0.4) is 0 Å². The standard InChI is InChI=1S/C17H26N2O2S.ClH/c1-3-19(17(21)10-15-12-22-9-8-18-15)11-16(20)14-6-4-13(2)5-7-14;/h4-7,15-16,18,20H,3,8-12H2,1-2H3;1H. The third-order valence-electron chi connectivity index (χ3n) is 4.01. The number of likely N-dealkylation sites (N-methyl/N-ethyl adjacent to an activating group) is 1. The number of aliphatic hydroxyl groups is 1. The number of nitrogens with zero attached hydrogens (tertiary/aromatic N) is 1. The molecule has 1 saturated heterocycles. The van der Waals surface area contributed by atoms with Crippen LogP contribution in [-0.2, 0) is 4.79 Å². The lowest BCUT2D eigenvalue weighted by Crippen LogP contribution is -2.43. The topological polar surface area (TPSA) is 52.6 Å². The maximum Gasteiger partial charge on any atom is 0.224 e. The first-order valence-electron chi connectivity index (χ1n) is 7.93. The molecule has 0 saturated carbocycles. The van der Waals surface area contributed by atoms with Crippen LogP contribution in [0.1, 0.15) is 30.6 Å². The zero-order valence-corrected chi connectivity index (χ0v) is 15.5. The predicted octanol–water partition coefficient (Wildman–Crippen LogP) is 2.39. The monoisotopic (exact) mass is 358 g/mol. The number of rotatable bonds is 6. The lowest BCUT2D eigenvalue weighted by Gasteiger charge is -2.28. The van der Waals surface area contributed by atoms with Crippen molar-refractivity contribution in [2.75, 3.05) is 31.1 Å². The molecule has 1 aliphatic rings. The summed E-state index contributed by atoms with van der Waals surface area (Å²) in [7, 11) is 0. The minimum atomic E-state index is -0.627. The smallest absolute Gasteiger partial charge is 0.224 e.